The molecule has 0 bridgehead atoms. The van der Waals surface area contributed by atoms with Gasteiger partial charge in [0.25, 0.3) is 0 Å². The minimum Gasteiger partial charge on any atom is -0.477 e. The Kier molecular flexibility index (Phi) is 13.3. The Bertz CT molecular complexity index is 1490. The molecule has 0 aromatic heterocycles. The summed E-state index contributed by atoms with van der Waals surface area (Å²) in [5.41, 5.74) is 0.669. The lowest BCUT2D eigenvalue weighted by Crippen LogP contribution is -2.58. The van der Waals surface area contributed by atoms with Crippen molar-refractivity contribution in [3.8, 4) is 11.8 Å². The van der Waals surface area contributed by atoms with Crippen molar-refractivity contribution in [2.45, 2.75) is 144 Å². The van der Waals surface area contributed by atoms with Gasteiger partial charge in [-0.2, -0.15) is 5.26 Å². The highest BCUT2D eigenvalue weighted by molar-refractivity contribution is 6.49. The Balaban J connectivity index is 1.70. The number of allylic oxidation sites excluding steroid dienone is 2. The molecule has 1 aromatic carbocycles. The van der Waals surface area contributed by atoms with Crippen LogP contribution in [0.5, 0.6) is 5.75 Å². The normalized spacial score (nSPS) is 30.3. The SMILES string of the molecule is CCC(Oc1ccccc1C#N)C(=O)O[C@H]1C[C@H](C(C)(C)C)C=C2C=C[C@H](C)[C@](CC[C@@H]3C[C@H](C(C)(C)C)C(O[SiH](C)C)C(=O)O3)(O[SiH](C)C)[C@H]21. The fraction of sp³-hybridized carbons (Fsp3) is 0.683. The number of nitriles is 1. The molecule has 282 valence electrons. The molecule has 3 aliphatic rings. The maximum absolute atomic E-state index is 14.1. The second-order valence-corrected chi connectivity index (χ2v) is 22.3. The Morgan fingerprint density at radius 1 is 1.06 bits per heavy atom. The predicted molar refractivity (Wildman–Crippen MR) is 206 cm³/mol. The van der Waals surface area contributed by atoms with E-state index in [0.29, 0.717) is 37.0 Å². The van der Waals surface area contributed by atoms with Gasteiger partial charge in [-0.25, -0.2) is 9.59 Å². The van der Waals surface area contributed by atoms with Crippen LogP contribution in [0.4, 0.5) is 0 Å². The van der Waals surface area contributed by atoms with Crippen LogP contribution in [0.2, 0.25) is 26.2 Å². The van der Waals surface area contributed by atoms with E-state index < -0.39 is 48.0 Å². The molecule has 0 N–H and O–H groups in total. The van der Waals surface area contributed by atoms with E-state index in [-0.39, 0.29) is 46.6 Å². The molecule has 1 aliphatic heterocycles. The Morgan fingerprint density at radius 2 is 1.75 bits per heavy atom. The number of rotatable bonds is 12. The third kappa shape index (κ3) is 9.64. The van der Waals surface area contributed by atoms with Crippen molar-refractivity contribution < 1.29 is 32.7 Å². The highest BCUT2D eigenvalue weighted by atomic mass is 28.3. The van der Waals surface area contributed by atoms with Gasteiger partial charge in [-0.1, -0.05) is 85.8 Å². The van der Waals surface area contributed by atoms with Gasteiger partial charge in [-0.15, -0.1) is 0 Å². The number of carbonyl (C=O) groups excluding carboxylic acids is 2. The zero-order valence-electron chi connectivity index (χ0n) is 33.2. The minimum atomic E-state index is -1.64. The number of cyclic esters (lactones) is 1. The number of ether oxygens (including phenoxy) is 3. The Labute approximate surface area is 310 Å². The first-order valence-corrected chi connectivity index (χ1v) is 24.7. The van der Waals surface area contributed by atoms with E-state index in [9.17, 15) is 14.9 Å². The summed E-state index contributed by atoms with van der Waals surface area (Å²) in [6.45, 7) is 25.9. The summed E-state index contributed by atoms with van der Waals surface area (Å²) in [5.74, 6) is -0.278. The molecule has 0 amide bonds. The van der Waals surface area contributed by atoms with Crippen LogP contribution in [0.15, 0.2) is 48.1 Å². The molecular weight excluding hydrogens is 675 g/mol. The van der Waals surface area contributed by atoms with E-state index in [2.05, 4.69) is 99.0 Å². The van der Waals surface area contributed by atoms with Crippen LogP contribution in [0, 0.1) is 45.8 Å². The molecule has 0 radical (unpaired) electrons. The predicted octanol–water partition coefficient (Wildman–Crippen LogP) is 8.31. The summed E-state index contributed by atoms with van der Waals surface area (Å²) < 4.78 is 32.4. The number of nitrogens with zero attached hydrogens (tertiary/aromatic N) is 1. The molecule has 51 heavy (non-hydrogen) atoms. The third-order valence-corrected chi connectivity index (χ3v) is 12.8. The van der Waals surface area contributed by atoms with Crippen LogP contribution >= 0.6 is 0 Å². The molecular formula is C41H63NO7Si2. The van der Waals surface area contributed by atoms with Gasteiger partial charge in [-0.05, 0) is 92.7 Å². The standard InChI is InChI=1S/C41H63NO7Si2/c1-13-32(46-33-17-15-14-16-28(33)25-42)37(43)47-34-23-29(39(3,4)5)22-27-19-18-26(2)41(35(27)34,49-51(11)12)21-20-30-24-31(40(6,7)8)36(38(44)45-30)48-50(9)10/h14-19,22,26,29-32,34-36,50-51H,13,20-21,23-24H2,1-12H3/t26-,29+,30+,31-,32?,34-,35+,36?,41-/m0/s1. The summed E-state index contributed by atoms with van der Waals surface area (Å²) in [4.78, 5) is 27.6. The number of fused-ring (bicyclic) bond motifs is 1. The highest BCUT2D eigenvalue weighted by Gasteiger charge is 2.55. The lowest BCUT2D eigenvalue weighted by atomic mass is 9.59. The monoisotopic (exact) mass is 737 g/mol. The van der Waals surface area contributed by atoms with E-state index in [1.807, 2.05) is 6.92 Å². The zero-order valence-corrected chi connectivity index (χ0v) is 35.5. The highest BCUT2D eigenvalue weighted by Crippen LogP contribution is 2.53. The maximum atomic E-state index is 14.1. The van der Waals surface area contributed by atoms with Crippen molar-refractivity contribution in [3.63, 3.8) is 0 Å². The van der Waals surface area contributed by atoms with Crippen molar-refractivity contribution in [1.29, 1.82) is 5.26 Å². The van der Waals surface area contributed by atoms with Crippen molar-refractivity contribution in [1.82, 2.24) is 0 Å². The number of carbonyl (C=O) groups is 2. The summed E-state index contributed by atoms with van der Waals surface area (Å²) in [6, 6.07) is 9.13. The van der Waals surface area contributed by atoms with E-state index >= 15 is 0 Å². The number of esters is 2. The molecule has 1 heterocycles. The minimum absolute atomic E-state index is 0.0309. The van der Waals surface area contributed by atoms with Gasteiger partial charge in [0, 0.05) is 17.8 Å². The van der Waals surface area contributed by atoms with Gasteiger partial charge in [0.05, 0.1) is 11.2 Å². The smallest absolute Gasteiger partial charge is 0.347 e. The van der Waals surface area contributed by atoms with Gasteiger partial charge in [0.1, 0.15) is 30.1 Å². The number of para-hydroxylation sites is 1. The fourth-order valence-electron chi connectivity index (χ4n) is 8.25. The molecule has 1 aromatic rings. The van der Waals surface area contributed by atoms with Crippen molar-refractivity contribution in [2.75, 3.05) is 0 Å². The number of hydrogen-bond donors (Lipinski definition) is 0. The van der Waals surface area contributed by atoms with Crippen molar-refractivity contribution >= 4 is 30.0 Å². The van der Waals surface area contributed by atoms with Crippen LogP contribution in [-0.2, 0) is 27.9 Å². The lowest BCUT2D eigenvalue weighted by Gasteiger charge is -2.54. The Hall–Kier alpha value is -2.72. The molecule has 1 saturated heterocycles. The molecule has 0 spiro atoms. The van der Waals surface area contributed by atoms with E-state index in [1.54, 1.807) is 24.3 Å². The van der Waals surface area contributed by atoms with Crippen LogP contribution in [0.25, 0.3) is 0 Å². The molecule has 0 saturated carbocycles. The van der Waals surface area contributed by atoms with Gasteiger partial charge >= 0.3 is 11.9 Å². The number of hydrogen-bond acceptors (Lipinski definition) is 8. The molecule has 2 unspecified atom stereocenters. The first-order chi connectivity index (χ1) is 23.8. The van der Waals surface area contributed by atoms with Gasteiger partial charge < -0.3 is 23.1 Å². The molecule has 10 heteroatoms. The van der Waals surface area contributed by atoms with E-state index in [4.69, 9.17) is 23.1 Å². The van der Waals surface area contributed by atoms with Crippen molar-refractivity contribution in [2.24, 2.45) is 34.5 Å². The second kappa shape index (κ2) is 16.5. The summed E-state index contributed by atoms with van der Waals surface area (Å²) in [6.07, 6.45) is 7.80. The Morgan fingerprint density at radius 3 is 2.33 bits per heavy atom. The largest absolute Gasteiger partial charge is 0.477 e. The van der Waals surface area contributed by atoms with Crippen LogP contribution in [0.3, 0.4) is 0 Å². The average molecular weight is 738 g/mol. The van der Waals surface area contributed by atoms with Crippen LogP contribution in [0.1, 0.15) is 93.1 Å². The molecule has 9 atom stereocenters. The van der Waals surface area contributed by atoms with Gasteiger partial charge in [0.15, 0.2) is 24.2 Å². The average Bonchev–Trinajstić information content (AvgIpc) is 3.03. The van der Waals surface area contributed by atoms with Gasteiger partial charge in [0.2, 0.25) is 0 Å². The third-order valence-electron chi connectivity index (χ3n) is 11.0. The zero-order chi connectivity index (χ0) is 37.9. The quantitative estimate of drug-likeness (QED) is 0.156. The molecule has 4 rings (SSSR count). The fourth-order valence-corrected chi connectivity index (χ4v) is 10.5. The summed E-state index contributed by atoms with van der Waals surface area (Å²) in [5, 5.41) is 9.65. The van der Waals surface area contributed by atoms with E-state index in [0.717, 1.165) is 12.0 Å². The second-order valence-electron chi connectivity index (χ2n) is 17.6. The molecule has 8 nitrogen and oxygen atoms in total. The molecule has 1 fully saturated rings. The number of benzene rings is 1. The van der Waals surface area contributed by atoms with Crippen molar-refractivity contribution in [3.05, 3.63) is 53.6 Å². The van der Waals surface area contributed by atoms with Gasteiger partial charge in [-0.3, -0.25) is 0 Å². The first-order valence-electron chi connectivity index (χ1n) is 19.1. The summed E-state index contributed by atoms with van der Waals surface area (Å²) >= 11 is 0. The maximum Gasteiger partial charge on any atom is 0.347 e. The molecule has 2 aliphatic carbocycles. The van der Waals surface area contributed by atoms with E-state index in [1.165, 1.54) is 0 Å². The van der Waals surface area contributed by atoms with Crippen LogP contribution in [-0.4, -0.2) is 60.0 Å². The first kappa shape index (κ1) is 41.0. The summed E-state index contributed by atoms with van der Waals surface area (Å²) in [7, 11) is -3.12. The topological polar surface area (TPSA) is 104 Å². The lowest BCUT2D eigenvalue weighted by molar-refractivity contribution is -0.180. The van der Waals surface area contributed by atoms with Crippen LogP contribution < -0.4 is 4.74 Å².